The molecule has 0 spiro atoms. The molecule has 1 heteroatoms. The first-order chi connectivity index (χ1) is 9.34. The molecular weight excluding hydrogens is 232 g/mol. The van der Waals surface area contributed by atoms with Crippen LogP contribution in [0.3, 0.4) is 0 Å². The van der Waals surface area contributed by atoms with Crippen LogP contribution in [0.1, 0.15) is 18.6 Å². The first kappa shape index (κ1) is 11.8. The third kappa shape index (κ3) is 2.45. The number of fused-ring (bicyclic) bond motifs is 1. The summed E-state index contributed by atoms with van der Waals surface area (Å²) in [6.07, 6.45) is 0.0482. The van der Waals surface area contributed by atoms with Crippen molar-refractivity contribution in [3.63, 3.8) is 0 Å². The van der Waals surface area contributed by atoms with Gasteiger partial charge >= 0.3 is 0 Å². The van der Waals surface area contributed by atoms with Gasteiger partial charge in [0.1, 0.15) is 11.9 Å². The Labute approximate surface area is 113 Å². The Morgan fingerprint density at radius 2 is 1.42 bits per heavy atom. The Morgan fingerprint density at radius 1 is 0.737 bits per heavy atom. The van der Waals surface area contributed by atoms with Crippen LogP contribution >= 0.6 is 0 Å². The van der Waals surface area contributed by atoms with E-state index in [9.17, 15) is 0 Å². The van der Waals surface area contributed by atoms with Crippen molar-refractivity contribution in [3.05, 3.63) is 78.4 Å². The molecule has 0 saturated carbocycles. The summed E-state index contributed by atoms with van der Waals surface area (Å²) in [5.74, 6) is 0.939. The molecule has 0 radical (unpaired) electrons. The minimum atomic E-state index is 0.0482. The smallest absolute Gasteiger partial charge is 0.128 e. The summed E-state index contributed by atoms with van der Waals surface area (Å²) in [4.78, 5) is 0. The standard InChI is InChI=1S/C18H16O/c1-14(15-8-3-2-4-9-15)19-18-13-7-11-16-10-5-6-12-17(16)18/h2-14H,1H3/t14-/m0/s1. The summed E-state index contributed by atoms with van der Waals surface area (Å²) in [5.41, 5.74) is 1.19. The third-order valence-corrected chi connectivity index (χ3v) is 3.32. The quantitative estimate of drug-likeness (QED) is 0.635. The summed E-state index contributed by atoms with van der Waals surface area (Å²) in [5, 5.41) is 2.37. The second kappa shape index (κ2) is 5.15. The molecule has 1 nitrogen and oxygen atoms in total. The lowest BCUT2D eigenvalue weighted by molar-refractivity contribution is 0.230. The molecule has 19 heavy (non-hydrogen) atoms. The van der Waals surface area contributed by atoms with E-state index in [1.807, 2.05) is 42.5 Å². The highest BCUT2D eigenvalue weighted by atomic mass is 16.5. The first-order valence-corrected chi connectivity index (χ1v) is 6.54. The van der Waals surface area contributed by atoms with Crippen LogP contribution in [0.2, 0.25) is 0 Å². The molecular formula is C18H16O. The molecule has 0 unspecified atom stereocenters. The van der Waals surface area contributed by atoms with Crippen LogP contribution in [0, 0.1) is 0 Å². The summed E-state index contributed by atoms with van der Waals surface area (Å²) >= 11 is 0. The van der Waals surface area contributed by atoms with Crippen molar-refractivity contribution in [1.82, 2.24) is 0 Å². The lowest BCUT2D eigenvalue weighted by Crippen LogP contribution is -2.03. The Bertz CT molecular complexity index is 668. The van der Waals surface area contributed by atoms with Crippen molar-refractivity contribution in [2.24, 2.45) is 0 Å². The molecule has 3 aromatic rings. The molecule has 0 aromatic heterocycles. The lowest BCUT2D eigenvalue weighted by atomic mass is 10.1. The molecule has 0 N–H and O–H groups in total. The van der Waals surface area contributed by atoms with Gasteiger partial charge in [-0.15, -0.1) is 0 Å². The fraction of sp³-hybridized carbons (Fsp3) is 0.111. The minimum Gasteiger partial charge on any atom is -0.485 e. The van der Waals surface area contributed by atoms with Crippen molar-refractivity contribution < 1.29 is 4.74 Å². The zero-order chi connectivity index (χ0) is 13.1. The van der Waals surface area contributed by atoms with Gasteiger partial charge in [-0.1, -0.05) is 66.7 Å². The number of hydrogen-bond acceptors (Lipinski definition) is 1. The molecule has 1 atom stereocenters. The van der Waals surface area contributed by atoms with Crippen LogP contribution in [-0.2, 0) is 0 Å². The van der Waals surface area contributed by atoms with E-state index in [1.165, 1.54) is 10.9 Å². The van der Waals surface area contributed by atoms with Crippen LogP contribution < -0.4 is 4.74 Å². The molecule has 0 bridgehead atoms. The number of ether oxygens (including phenoxy) is 1. The van der Waals surface area contributed by atoms with Gasteiger partial charge in [-0.25, -0.2) is 0 Å². The van der Waals surface area contributed by atoms with Crippen molar-refractivity contribution >= 4 is 10.8 Å². The fourth-order valence-electron chi connectivity index (χ4n) is 2.28. The molecule has 0 aliphatic heterocycles. The zero-order valence-electron chi connectivity index (χ0n) is 10.9. The summed E-state index contributed by atoms with van der Waals surface area (Å²) in [6, 6.07) is 24.8. The lowest BCUT2D eigenvalue weighted by Gasteiger charge is -2.16. The highest BCUT2D eigenvalue weighted by molar-refractivity contribution is 5.88. The molecule has 0 aliphatic rings. The average molecular weight is 248 g/mol. The Hall–Kier alpha value is -2.28. The Morgan fingerprint density at radius 3 is 2.26 bits per heavy atom. The normalized spacial score (nSPS) is 12.3. The van der Waals surface area contributed by atoms with E-state index in [4.69, 9.17) is 4.74 Å². The zero-order valence-corrected chi connectivity index (χ0v) is 10.9. The van der Waals surface area contributed by atoms with Gasteiger partial charge in [0.05, 0.1) is 0 Å². The highest BCUT2D eigenvalue weighted by Gasteiger charge is 2.08. The maximum Gasteiger partial charge on any atom is 0.128 e. The second-order valence-electron chi connectivity index (χ2n) is 4.65. The fourth-order valence-corrected chi connectivity index (χ4v) is 2.28. The average Bonchev–Trinajstić information content (AvgIpc) is 2.48. The molecule has 0 amide bonds. The van der Waals surface area contributed by atoms with Gasteiger partial charge in [0.15, 0.2) is 0 Å². The van der Waals surface area contributed by atoms with Crippen molar-refractivity contribution in [2.45, 2.75) is 13.0 Å². The van der Waals surface area contributed by atoms with Gasteiger partial charge in [-0.05, 0) is 23.9 Å². The molecule has 94 valence electrons. The maximum absolute atomic E-state index is 6.11. The van der Waals surface area contributed by atoms with E-state index in [1.54, 1.807) is 0 Å². The SMILES string of the molecule is C[C@H](Oc1cccc2ccccc12)c1ccccc1. The summed E-state index contributed by atoms with van der Waals surface area (Å²) in [7, 11) is 0. The number of rotatable bonds is 3. The molecule has 3 rings (SSSR count). The van der Waals surface area contributed by atoms with Gasteiger partial charge in [0, 0.05) is 5.39 Å². The predicted octanol–water partition coefficient (Wildman–Crippen LogP) is 4.98. The van der Waals surface area contributed by atoms with E-state index >= 15 is 0 Å². The van der Waals surface area contributed by atoms with Crippen molar-refractivity contribution in [3.8, 4) is 5.75 Å². The largest absolute Gasteiger partial charge is 0.485 e. The first-order valence-electron chi connectivity index (χ1n) is 6.54. The van der Waals surface area contributed by atoms with Crippen LogP contribution in [0.15, 0.2) is 72.8 Å². The van der Waals surface area contributed by atoms with Crippen LogP contribution in [-0.4, -0.2) is 0 Å². The van der Waals surface area contributed by atoms with Crippen molar-refractivity contribution in [1.29, 1.82) is 0 Å². The minimum absolute atomic E-state index is 0.0482. The van der Waals surface area contributed by atoms with Crippen LogP contribution in [0.25, 0.3) is 10.8 Å². The molecule has 3 aromatic carbocycles. The third-order valence-electron chi connectivity index (χ3n) is 3.32. The number of hydrogen-bond donors (Lipinski definition) is 0. The van der Waals surface area contributed by atoms with Gasteiger partial charge in [0.2, 0.25) is 0 Å². The second-order valence-corrected chi connectivity index (χ2v) is 4.65. The molecule has 0 heterocycles. The molecule has 0 fully saturated rings. The predicted molar refractivity (Wildman–Crippen MR) is 79.4 cm³/mol. The molecule has 0 aliphatic carbocycles. The summed E-state index contributed by atoms with van der Waals surface area (Å²) < 4.78 is 6.11. The van der Waals surface area contributed by atoms with Gasteiger partial charge in [0.25, 0.3) is 0 Å². The van der Waals surface area contributed by atoms with Crippen LogP contribution in [0.5, 0.6) is 5.75 Å². The van der Waals surface area contributed by atoms with Gasteiger partial charge in [-0.2, -0.15) is 0 Å². The highest BCUT2D eigenvalue weighted by Crippen LogP contribution is 2.29. The Balaban J connectivity index is 1.94. The summed E-state index contributed by atoms with van der Waals surface area (Å²) in [6.45, 7) is 2.08. The van der Waals surface area contributed by atoms with Gasteiger partial charge in [-0.3, -0.25) is 0 Å². The van der Waals surface area contributed by atoms with E-state index in [0.29, 0.717) is 0 Å². The Kier molecular flexibility index (Phi) is 3.20. The van der Waals surface area contributed by atoms with E-state index in [2.05, 4.69) is 37.3 Å². The van der Waals surface area contributed by atoms with E-state index in [-0.39, 0.29) is 6.10 Å². The van der Waals surface area contributed by atoms with E-state index in [0.717, 1.165) is 11.1 Å². The van der Waals surface area contributed by atoms with E-state index < -0.39 is 0 Å². The van der Waals surface area contributed by atoms with Crippen molar-refractivity contribution in [2.75, 3.05) is 0 Å². The number of benzene rings is 3. The van der Waals surface area contributed by atoms with Gasteiger partial charge < -0.3 is 4.74 Å². The topological polar surface area (TPSA) is 9.23 Å². The van der Waals surface area contributed by atoms with Crippen LogP contribution in [0.4, 0.5) is 0 Å². The molecule has 0 saturated heterocycles. The maximum atomic E-state index is 6.11. The monoisotopic (exact) mass is 248 g/mol.